The minimum Gasteiger partial charge on any atom is -0.453 e. The Balaban J connectivity index is 2.10. The monoisotopic (exact) mass is 227 g/mol. The molecule has 0 bridgehead atoms. The fourth-order valence-electron chi connectivity index (χ4n) is 2.32. The molecule has 0 amide bonds. The Morgan fingerprint density at radius 3 is 3.00 bits per heavy atom. The van der Waals surface area contributed by atoms with Gasteiger partial charge in [0.05, 0.1) is 0 Å². The van der Waals surface area contributed by atoms with Crippen molar-refractivity contribution >= 4 is 6.29 Å². The largest absolute Gasteiger partial charge is 0.453 e. The van der Waals surface area contributed by atoms with Crippen molar-refractivity contribution in [3.8, 4) is 11.3 Å². The molecule has 1 aromatic heterocycles. The smallest absolute Gasteiger partial charge is 0.185 e. The average Bonchev–Trinajstić information content (AvgIpc) is 2.87. The quantitative estimate of drug-likeness (QED) is 0.801. The van der Waals surface area contributed by atoms with Crippen LogP contribution in [0.25, 0.3) is 11.3 Å². The second-order valence-electron chi connectivity index (χ2n) is 4.19. The highest BCUT2D eigenvalue weighted by molar-refractivity contribution is 5.73. The summed E-state index contributed by atoms with van der Waals surface area (Å²) in [7, 11) is 0. The molecule has 0 aliphatic carbocycles. The topological polar surface area (TPSA) is 42.2 Å². The Labute approximate surface area is 99.4 Å². The van der Waals surface area contributed by atoms with E-state index >= 15 is 0 Å². The SMILES string of the molecule is O=Cc1ccc(-c2cccc3c2CCNC3)o1. The van der Waals surface area contributed by atoms with Crippen LogP contribution in [0.5, 0.6) is 0 Å². The van der Waals surface area contributed by atoms with E-state index in [9.17, 15) is 4.79 Å². The molecule has 3 nitrogen and oxygen atoms in total. The van der Waals surface area contributed by atoms with Crippen molar-refractivity contribution in [1.29, 1.82) is 0 Å². The van der Waals surface area contributed by atoms with E-state index in [2.05, 4.69) is 17.4 Å². The third-order valence-electron chi connectivity index (χ3n) is 3.15. The minimum absolute atomic E-state index is 0.381. The first-order valence-corrected chi connectivity index (χ1v) is 5.75. The number of carbonyl (C=O) groups excluding carboxylic acids is 1. The summed E-state index contributed by atoms with van der Waals surface area (Å²) in [4.78, 5) is 10.6. The zero-order valence-corrected chi connectivity index (χ0v) is 9.40. The summed E-state index contributed by atoms with van der Waals surface area (Å²) in [5.41, 5.74) is 3.76. The summed E-state index contributed by atoms with van der Waals surface area (Å²) in [5, 5.41) is 3.35. The lowest BCUT2D eigenvalue weighted by Crippen LogP contribution is -2.23. The van der Waals surface area contributed by atoms with E-state index in [0.717, 1.165) is 37.1 Å². The summed E-state index contributed by atoms with van der Waals surface area (Å²) in [6, 6.07) is 9.79. The first-order chi connectivity index (χ1) is 8.38. The molecule has 0 radical (unpaired) electrons. The van der Waals surface area contributed by atoms with Gasteiger partial charge in [-0.05, 0) is 36.2 Å². The molecule has 86 valence electrons. The lowest BCUT2D eigenvalue weighted by molar-refractivity contribution is 0.110. The van der Waals surface area contributed by atoms with Crippen molar-refractivity contribution in [1.82, 2.24) is 5.32 Å². The lowest BCUT2D eigenvalue weighted by Gasteiger charge is -2.19. The van der Waals surface area contributed by atoms with Crippen molar-refractivity contribution in [2.24, 2.45) is 0 Å². The van der Waals surface area contributed by atoms with Crippen LogP contribution in [0.1, 0.15) is 21.7 Å². The predicted molar refractivity (Wildman–Crippen MR) is 64.9 cm³/mol. The lowest BCUT2D eigenvalue weighted by atomic mass is 9.94. The van der Waals surface area contributed by atoms with Crippen molar-refractivity contribution in [3.05, 3.63) is 47.2 Å². The van der Waals surface area contributed by atoms with E-state index in [-0.39, 0.29) is 0 Å². The van der Waals surface area contributed by atoms with Crippen LogP contribution >= 0.6 is 0 Å². The average molecular weight is 227 g/mol. The molecule has 1 aromatic carbocycles. The van der Waals surface area contributed by atoms with E-state index in [1.54, 1.807) is 6.07 Å². The number of hydrogen-bond acceptors (Lipinski definition) is 3. The Bertz CT molecular complexity index is 557. The van der Waals surface area contributed by atoms with Gasteiger partial charge in [0, 0.05) is 12.1 Å². The van der Waals surface area contributed by atoms with E-state index in [1.807, 2.05) is 12.1 Å². The van der Waals surface area contributed by atoms with Gasteiger partial charge in [0.15, 0.2) is 12.0 Å². The molecule has 2 aromatic rings. The molecule has 0 spiro atoms. The maximum atomic E-state index is 10.6. The number of carbonyl (C=O) groups is 1. The molecule has 3 rings (SSSR count). The molecule has 0 fully saturated rings. The molecule has 2 heterocycles. The maximum absolute atomic E-state index is 10.6. The Kier molecular flexibility index (Phi) is 2.53. The molecule has 1 aliphatic heterocycles. The van der Waals surface area contributed by atoms with Crippen LogP contribution in [0.15, 0.2) is 34.7 Å². The Morgan fingerprint density at radius 1 is 1.24 bits per heavy atom. The third kappa shape index (κ3) is 1.78. The van der Waals surface area contributed by atoms with Crippen molar-refractivity contribution < 1.29 is 9.21 Å². The van der Waals surface area contributed by atoms with Crippen molar-refractivity contribution in [3.63, 3.8) is 0 Å². The number of fused-ring (bicyclic) bond motifs is 1. The summed E-state index contributed by atoms with van der Waals surface area (Å²) in [5.74, 6) is 1.16. The molecule has 1 N–H and O–H groups in total. The standard InChI is InChI=1S/C14H13NO2/c16-9-11-4-5-14(17-11)13-3-1-2-10-8-15-7-6-12(10)13/h1-5,9,15H,6-8H2. The number of nitrogens with one attached hydrogen (secondary N) is 1. The zero-order chi connectivity index (χ0) is 11.7. The van der Waals surface area contributed by atoms with Gasteiger partial charge in [0.2, 0.25) is 0 Å². The van der Waals surface area contributed by atoms with Crippen molar-refractivity contribution in [2.45, 2.75) is 13.0 Å². The summed E-state index contributed by atoms with van der Waals surface area (Å²) >= 11 is 0. The first kappa shape index (κ1) is 10.3. The second kappa shape index (κ2) is 4.18. The van der Waals surface area contributed by atoms with Crippen LogP contribution in [0.4, 0.5) is 0 Å². The molecular weight excluding hydrogens is 214 g/mol. The number of aldehydes is 1. The summed E-state index contributed by atoms with van der Waals surface area (Å²) in [6.07, 6.45) is 1.74. The molecule has 0 saturated heterocycles. The van der Waals surface area contributed by atoms with Crippen LogP contribution < -0.4 is 5.32 Å². The van der Waals surface area contributed by atoms with Crippen LogP contribution in [0.3, 0.4) is 0 Å². The maximum Gasteiger partial charge on any atom is 0.185 e. The van der Waals surface area contributed by atoms with Gasteiger partial charge in [-0.1, -0.05) is 18.2 Å². The second-order valence-corrected chi connectivity index (χ2v) is 4.19. The number of rotatable bonds is 2. The third-order valence-corrected chi connectivity index (χ3v) is 3.15. The highest BCUT2D eigenvalue weighted by Gasteiger charge is 2.15. The minimum atomic E-state index is 0.381. The molecule has 0 unspecified atom stereocenters. The summed E-state index contributed by atoms with van der Waals surface area (Å²) in [6.45, 7) is 1.90. The van der Waals surface area contributed by atoms with Gasteiger partial charge in [-0.15, -0.1) is 0 Å². The van der Waals surface area contributed by atoms with Crippen LogP contribution in [0, 0.1) is 0 Å². The predicted octanol–water partition coefficient (Wildman–Crippen LogP) is 2.40. The molecular formula is C14H13NO2. The van der Waals surface area contributed by atoms with E-state index in [4.69, 9.17) is 4.42 Å². The van der Waals surface area contributed by atoms with Crippen LogP contribution in [-0.4, -0.2) is 12.8 Å². The van der Waals surface area contributed by atoms with E-state index in [1.165, 1.54) is 11.1 Å². The first-order valence-electron chi connectivity index (χ1n) is 5.75. The van der Waals surface area contributed by atoms with Gasteiger partial charge in [-0.25, -0.2) is 0 Å². The fourth-order valence-corrected chi connectivity index (χ4v) is 2.32. The molecule has 3 heteroatoms. The van der Waals surface area contributed by atoms with Crippen molar-refractivity contribution in [2.75, 3.05) is 6.54 Å². The molecule has 17 heavy (non-hydrogen) atoms. The normalized spacial score (nSPS) is 14.4. The van der Waals surface area contributed by atoms with Gasteiger partial charge in [0.1, 0.15) is 5.76 Å². The van der Waals surface area contributed by atoms with Gasteiger partial charge < -0.3 is 9.73 Å². The Morgan fingerprint density at radius 2 is 2.18 bits per heavy atom. The number of hydrogen-bond donors (Lipinski definition) is 1. The summed E-state index contributed by atoms with van der Waals surface area (Å²) < 4.78 is 5.50. The Hall–Kier alpha value is -1.87. The van der Waals surface area contributed by atoms with Crippen LogP contribution in [-0.2, 0) is 13.0 Å². The zero-order valence-electron chi connectivity index (χ0n) is 9.40. The van der Waals surface area contributed by atoms with Gasteiger partial charge in [-0.2, -0.15) is 0 Å². The molecule has 1 aliphatic rings. The van der Waals surface area contributed by atoms with Gasteiger partial charge in [0.25, 0.3) is 0 Å². The highest BCUT2D eigenvalue weighted by atomic mass is 16.3. The highest BCUT2D eigenvalue weighted by Crippen LogP contribution is 2.29. The number of furan rings is 1. The van der Waals surface area contributed by atoms with E-state index < -0.39 is 0 Å². The molecule has 0 atom stereocenters. The molecule has 0 saturated carbocycles. The fraction of sp³-hybridized carbons (Fsp3) is 0.214. The van der Waals surface area contributed by atoms with Crippen LogP contribution in [0.2, 0.25) is 0 Å². The number of benzene rings is 1. The van der Waals surface area contributed by atoms with Gasteiger partial charge >= 0.3 is 0 Å². The van der Waals surface area contributed by atoms with Gasteiger partial charge in [-0.3, -0.25) is 4.79 Å². The van der Waals surface area contributed by atoms with E-state index in [0.29, 0.717) is 5.76 Å².